The molecule has 114 valence electrons. The third-order valence-corrected chi connectivity index (χ3v) is 3.47. The zero-order valence-electron chi connectivity index (χ0n) is 11.9. The zero-order valence-corrected chi connectivity index (χ0v) is 13.5. The Labute approximate surface area is 131 Å². The molecule has 0 spiro atoms. The molecule has 1 aromatic carbocycles. The Morgan fingerprint density at radius 2 is 1.90 bits per heavy atom. The van der Waals surface area contributed by atoms with E-state index in [2.05, 4.69) is 26.8 Å². The number of hydrogen-bond donors (Lipinski definition) is 2. The van der Waals surface area contributed by atoms with Gasteiger partial charge in [-0.25, -0.2) is 0 Å². The number of amides is 2. The van der Waals surface area contributed by atoms with Crippen LogP contribution in [0.2, 0.25) is 0 Å². The summed E-state index contributed by atoms with van der Waals surface area (Å²) in [6.45, 7) is 3.88. The zero-order chi connectivity index (χ0) is 15.8. The fraction of sp³-hybridized carbons (Fsp3) is 0.357. The number of halogens is 1. The molecule has 0 aliphatic carbocycles. The Morgan fingerprint density at radius 1 is 1.19 bits per heavy atom. The summed E-state index contributed by atoms with van der Waals surface area (Å²) in [7, 11) is 0. The van der Waals surface area contributed by atoms with Crippen LogP contribution in [-0.2, 0) is 14.3 Å². The van der Waals surface area contributed by atoms with Gasteiger partial charge in [0.2, 0.25) is 5.91 Å². The quantitative estimate of drug-likeness (QED) is 0.622. The highest BCUT2D eigenvalue weighted by Gasteiger charge is 2.10. The summed E-state index contributed by atoms with van der Waals surface area (Å²) in [6, 6.07) is 5.11. The molecule has 0 saturated carbocycles. The van der Waals surface area contributed by atoms with E-state index in [4.69, 9.17) is 4.74 Å². The molecule has 6 nitrogen and oxygen atoms in total. The molecule has 1 aromatic rings. The second-order valence-corrected chi connectivity index (χ2v) is 5.13. The molecular formula is C14H17BrN2O4. The number of esters is 1. The summed E-state index contributed by atoms with van der Waals surface area (Å²) in [6.07, 6.45) is -0.0671. The molecule has 0 atom stereocenters. The molecule has 0 fully saturated rings. The second kappa shape index (κ2) is 8.41. The summed E-state index contributed by atoms with van der Waals surface area (Å²) in [4.78, 5) is 34.4. The molecule has 0 aliphatic heterocycles. The van der Waals surface area contributed by atoms with E-state index in [0.29, 0.717) is 5.56 Å². The van der Waals surface area contributed by atoms with Gasteiger partial charge in [-0.15, -0.1) is 0 Å². The van der Waals surface area contributed by atoms with E-state index in [1.54, 1.807) is 25.1 Å². The number of benzene rings is 1. The maximum Gasteiger partial charge on any atom is 0.306 e. The fourth-order valence-corrected chi connectivity index (χ4v) is 1.82. The van der Waals surface area contributed by atoms with Crippen LogP contribution in [0.4, 0.5) is 0 Å². The number of hydrazine groups is 1. The van der Waals surface area contributed by atoms with Gasteiger partial charge in [-0.1, -0.05) is 22.0 Å². The fourth-order valence-electron chi connectivity index (χ4n) is 1.44. The van der Waals surface area contributed by atoms with Crippen LogP contribution in [0.15, 0.2) is 22.7 Å². The highest BCUT2D eigenvalue weighted by atomic mass is 79.9. The van der Waals surface area contributed by atoms with E-state index in [1.807, 2.05) is 6.92 Å². The first-order valence-corrected chi connectivity index (χ1v) is 7.24. The molecule has 0 aromatic heterocycles. The van der Waals surface area contributed by atoms with Gasteiger partial charge in [0.15, 0.2) is 0 Å². The number of aryl methyl sites for hydroxylation is 1. The smallest absolute Gasteiger partial charge is 0.306 e. The molecule has 0 unspecified atom stereocenters. The molecule has 21 heavy (non-hydrogen) atoms. The maximum absolute atomic E-state index is 11.8. The van der Waals surface area contributed by atoms with Crippen molar-refractivity contribution in [2.75, 3.05) is 6.61 Å². The van der Waals surface area contributed by atoms with Crippen molar-refractivity contribution in [3.63, 3.8) is 0 Å². The van der Waals surface area contributed by atoms with Crippen LogP contribution in [0.3, 0.4) is 0 Å². The van der Waals surface area contributed by atoms with Crippen molar-refractivity contribution >= 4 is 33.7 Å². The molecule has 2 amide bonds. The standard InChI is InChI=1S/C14H17BrN2O4/c1-3-21-13(19)7-6-12(18)16-17-14(20)10-5-4-9(2)11(15)8-10/h4-5,8H,3,6-7H2,1-2H3,(H,16,18)(H,17,20). The summed E-state index contributed by atoms with van der Waals surface area (Å²) < 4.78 is 5.51. The summed E-state index contributed by atoms with van der Waals surface area (Å²) in [5.74, 6) is -1.33. The summed E-state index contributed by atoms with van der Waals surface area (Å²) >= 11 is 3.33. The largest absolute Gasteiger partial charge is 0.466 e. The molecule has 2 N–H and O–H groups in total. The lowest BCUT2D eigenvalue weighted by Gasteiger charge is -2.08. The van der Waals surface area contributed by atoms with Crippen molar-refractivity contribution < 1.29 is 19.1 Å². The summed E-state index contributed by atoms with van der Waals surface area (Å²) in [5, 5.41) is 0. The van der Waals surface area contributed by atoms with Gasteiger partial charge >= 0.3 is 5.97 Å². The van der Waals surface area contributed by atoms with Crippen molar-refractivity contribution in [3.05, 3.63) is 33.8 Å². The lowest BCUT2D eigenvalue weighted by atomic mass is 10.1. The van der Waals surface area contributed by atoms with Gasteiger partial charge in [0.25, 0.3) is 5.91 Å². The third kappa shape index (κ3) is 5.95. The van der Waals surface area contributed by atoms with Gasteiger partial charge < -0.3 is 4.74 Å². The Balaban J connectivity index is 2.40. The highest BCUT2D eigenvalue weighted by Crippen LogP contribution is 2.17. The van der Waals surface area contributed by atoms with Crippen LogP contribution in [-0.4, -0.2) is 24.4 Å². The number of nitrogens with one attached hydrogen (secondary N) is 2. The Kier molecular flexibility index (Phi) is 6.87. The van der Waals surface area contributed by atoms with Gasteiger partial charge in [-0.3, -0.25) is 25.2 Å². The first-order valence-electron chi connectivity index (χ1n) is 6.45. The van der Waals surface area contributed by atoms with E-state index in [9.17, 15) is 14.4 Å². The van der Waals surface area contributed by atoms with E-state index in [1.165, 1.54) is 0 Å². The minimum absolute atomic E-state index is 0.0222. The normalized spacial score (nSPS) is 9.86. The minimum Gasteiger partial charge on any atom is -0.466 e. The van der Waals surface area contributed by atoms with Crippen molar-refractivity contribution in [2.45, 2.75) is 26.7 Å². The highest BCUT2D eigenvalue weighted by molar-refractivity contribution is 9.10. The predicted octanol–water partition coefficient (Wildman–Crippen LogP) is 1.86. The first-order chi connectivity index (χ1) is 9.93. The van der Waals surface area contributed by atoms with Gasteiger partial charge in [0.05, 0.1) is 13.0 Å². The monoisotopic (exact) mass is 356 g/mol. The molecule has 7 heteroatoms. The number of carbonyl (C=O) groups excluding carboxylic acids is 3. The summed E-state index contributed by atoms with van der Waals surface area (Å²) in [5.41, 5.74) is 5.96. The molecule has 1 rings (SSSR count). The Hall–Kier alpha value is -1.89. The average molecular weight is 357 g/mol. The van der Waals surface area contributed by atoms with E-state index >= 15 is 0 Å². The van der Waals surface area contributed by atoms with Crippen LogP contribution < -0.4 is 10.9 Å². The van der Waals surface area contributed by atoms with Crippen molar-refractivity contribution in [2.24, 2.45) is 0 Å². The molecule has 0 aliphatic rings. The van der Waals surface area contributed by atoms with Crippen molar-refractivity contribution in [1.82, 2.24) is 10.9 Å². The van der Waals surface area contributed by atoms with Gasteiger partial charge in [0, 0.05) is 16.5 Å². The third-order valence-electron chi connectivity index (χ3n) is 2.61. The van der Waals surface area contributed by atoms with Crippen LogP contribution in [0.1, 0.15) is 35.7 Å². The van der Waals surface area contributed by atoms with Gasteiger partial charge in [-0.05, 0) is 31.5 Å². The average Bonchev–Trinajstić information content (AvgIpc) is 2.45. The lowest BCUT2D eigenvalue weighted by molar-refractivity contribution is -0.144. The first kappa shape index (κ1) is 17.2. The van der Waals surface area contributed by atoms with Crippen LogP contribution >= 0.6 is 15.9 Å². The topological polar surface area (TPSA) is 84.5 Å². The number of rotatable bonds is 5. The predicted molar refractivity (Wildman–Crippen MR) is 80.4 cm³/mol. The molecule has 0 radical (unpaired) electrons. The SMILES string of the molecule is CCOC(=O)CCC(=O)NNC(=O)c1ccc(C)c(Br)c1. The molecule has 0 heterocycles. The lowest BCUT2D eigenvalue weighted by Crippen LogP contribution is -2.41. The molecular weight excluding hydrogens is 340 g/mol. The van der Waals surface area contributed by atoms with Crippen LogP contribution in [0.5, 0.6) is 0 Å². The molecule has 0 saturated heterocycles. The Morgan fingerprint density at radius 3 is 2.52 bits per heavy atom. The number of ether oxygens (including phenoxy) is 1. The van der Waals surface area contributed by atoms with Crippen LogP contribution in [0, 0.1) is 6.92 Å². The van der Waals surface area contributed by atoms with E-state index < -0.39 is 17.8 Å². The van der Waals surface area contributed by atoms with Crippen molar-refractivity contribution in [1.29, 1.82) is 0 Å². The van der Waals surface area contributed by atoms with Crippen molar-refractivity contribution in [3.8, 4) is 0 Å². The Bertz CT molecular complexity index is 546. The maximum atomic E-state index is 11.8. The second-order valence-electron chi connectivity index (χ2n) is 4.27. The van der Waals surface area contributed by atoms with E-state index in [0.717, 1.165) is 10.0 Å². The number of carbonyl (C=O) groups is 3. The van der Waals surface area contributed by atoms with Gasteiger partial charge in [0.1, 0.15) is 0 Å². The van der Waals surface area contributed by atoms with E-state index in [-0.39, 0.29) is 19.4 Å². The van der Waals surface area contributed by atoms with Gasteiger partial charge in [-0.2, -0.15) is 0 Å². The molecule has 0 bridgehead atoms. The number of hydrogen-bond acceptors (Lipinski definition) is 4. The van der Waals surface area contributed by atoms with Crippen LogP contribution in [0.25, 0.3) is 0 Å². The minimum atomic E-state index is -0.456.